The standard InChI is InChI=1S/C11H20O4/c1-13-10(14-2)11(12)7-8-5-3-4-6-9(8)15-11/h8-10,12H,3-7H2,1-2H3. The number of rotatable bonds is 3. The van der Waals surface area contributed by atoms with E-state index in [1.807, 2.05) is 0 Å². The highest BCUT2D eigenvalue weighted by molar-refractivity contribution is 4.91. The second-order valence-corrected chi connectivity index (χ2v) is 4.55. The molecule has 0 radical (unpaired) electrons. The van der Waals surface area contributed by atoms with E-state index in [1.165, 1.54) is 27.1 Å². The van der Waals surface area contributed by atoms with Crippen LogP contribution >= 0.6 is 0 Å². The Hall–Kier alpha value is -0.160. The minimum Gasteiger partial charge on any atom is -0.362 e. The lowest BCUT2D eigenvalue weighted by Crippen LogP contribution is -2.44. The van der Waals surface area contributed by atoms with Crippen LogP contribution in [-0.4, -0.2) is 37.5 Å². The fraction of sp³-hybridized carbons (Fsp3) is 1.00. The monoisotopic (exact) mass is 216 g/mol. The first-order valence-electron chi connectivity index (χ1n) is 5.65. The Morgan fingerprint density at radius 1 is 1.27 bits per heavy atom. The molecule has 0 bridgehead atoms. The van der Waals surface area contributed by atoms with Crippen molar-refractivity contribution in [1.29, 1.82) is 0 Å². The van der Waals surface area contributed by atoms with Crippen LogP contribution < -0.4 is 0 Å². The van der Waals surface area contributed by atoms with E-state index in [9.17, 15) is 5.11 Å². The summed E-state index contributed by atoms with van der Waals surface area (Å²) in [4.78, 5) is 0. The summed E-state index contributed by atoms with van der Waals surface area (Å²) in [7, 11) is 3.05. The molecule has 1 aliphatic heterocycles. The van der Waals surface area contributed by atoms with Crippen LogP contribution in [0.3, 0.4) is 0 Å². The molecule has 88 valence electrons. The van der Waals surface area contributed by atoms with Crippen LogP contribution in [0.5, 0.6) is 0 Å². The largest absolute Gasteiger partial charge is 0.362 e. The normalized spacial score (nSPS) is 40.8. The van der Waals surface area contributed by atoms with Crippen molar-refractivity contribution in [2.45, 2.75) is 50.3 Å². The van der Waals surface area contributed by atoms with Crippen molar-refractivity contribution >= 4 is 0 Å². The molecular formula is C11H20O4. The SMILES string of the molecule is COC(OC)C1(O)CC2CCCCC2O1. The second kappa shape index (κ2) is 4.37. The first-order valence-corrected chi connectivity index (χ1v) is 5.65. The lowest BCUT2D eigenvalue weighted by Gasteiger charge is -2.29. The molecule has 4 nitrogen and oxygen atoms in total. The minimum atomic E-state index is -1.25. The minimum absolute atomic E-state index is 0.191. The maximum Gasteiger partial charge on any atom is 0.218 e. The van der Waals surface area contributed by atoms with Crippen molar-refractivity contribution in [2.24, 2.45) is 5.92 Å². The van der Waals surface area contributed by atoms with Gasteiger partial charge in [-0.15, -0.1) is 0 Å². The third-order valence-electron chi connectivity index (χ3n) is 3.55. The van der Waals surface area contributed by atoms with Crippen LogP contribution in [0.1, 0.15) is 32.1 Å². The van der Waals surface area contributed by atoms with Gasteiger partial charge in [0.25, 0.3) is 0 Å². The summed E-state index contributed by atoms with van der Waals surface area (Å²) in [6, 6.07) is 0. The van der Waals surface area contributed by atoms with Gasteiger partial charge in [0.05, 0.1) is 6.10 Å². The van der Waals surface area contributed by atoms with Gasteiger partial charge in [0.1, 0.15) is 0 Å². The zero-order valence-electron chi connectivity index (χ0n) is 9.44. The molecule has 2 aliphatic rings. The highest BCUT2D eigenvalue weighted by atomic mass is 16.7. The number of ether oxygens (including phenoxy) is 3. The van der Waals surface area contributed by atoms with Crippen LogP contribution in [0.4, 0.5) is 0 Å². The highest BCUT2D eigenvalue weighted by Gasteiger charge is 2.51. The molecule has 0 aromatic carbocycles. The van der Waals surface area contributed by atoms with Crippen molar-refractivity contribution in [3.05, 3.63) is 0 Å². The average molecular weight is 216 g/mol. The molecule has 3 unspecified atom stereocenters. The maximum absolute atomic E-state index is 10.3. The molecule has 0 aromatic rings. The molecule has 1 saturated carbocycles. The fourth-order valence-electron chi connectivity index (χ4n) is 2.86. The number of fused-ring (bicyclic) bond motifs is 1. The van der Waals surface area contributed by atoms with E-state index >= 15 is 0 Å². The quantitative estimate of drug-likeness (QED) is 0.722. The Labute approximate surface area is 90.5 Å². The summed E-state index contributed by atoms with van der Waals surface area (Å²) in [5, 5.41) is 10.3. The number of aliphatic hydroxyl groups is 1. The zero-order chi connectivity index (χ0) is 10.9. The summed E-state index contributed by atoms with van der Waals surface area (Å²) in [5.74, 6) is -0.778. The lowest BCUT2D eigenvalue weighted by atomic mass is 9.85. The molecule has 0 amide bonds. The smallest absolute Gasteiger partial charge is 0.218 e. The molecule has 15 heavy (non-hydrogen) atoms. The Morgan fingerprint density at radius 3 is 2.53 bits per heavy atom. The van der Waals surface area contributed by atoms with Crippen LogP contribution in [0.25, 0.3) is 0 Å². The first-order chi connectivity index (χ1) is 7.19. The Balaban J connectivity index is 2.04. The summed E-state index contributed by atoms with van der Waals surface area (Å²) < 4.78 is 15.9. The van der Waals surface area contributed by atoms with Crippen molar-refractivity contribution < 1.29 is 19.3 Å². The van der Waals surface area contributed by atoms with Gasteiger partial charge in [-0.1, -0.05) is 12.8 Å². The third kappa shape index (κ3) is 2.04. The van der Waals surface area contributed by atoms with E-state index < -0.39 is 12.1 Å². The number of hydrogen-bond donors (Lipinski definition) is 1. The molecule has 0 aromatic heterocycles. The predicted molar refractivity (Wildman–Crippen MR) is 54.2 cm³/mol. The molecule has 1 aliphatic carbocycles. The van der Waals surface area contributed by atoms with E-state index in [-0.39, 0.29) is 6.10 Å². The molecule has 1 N–H and O–H groups in total. The summed E-state index contributed by atoms with van der Waals surface area (Å²) in [6.45, 7) is 0. The van der Waals surface area contributed by atoms with E-state index in [1.54, 1.807) is 0 Å². The topological polar surface area (TPSA) is 47.9 Å². The summed E-state index contributed by atoms with van der Waals surface area (Å²) in [5.41, 5.74) is 0. The first kappa shape index (κ1) is 11.3. The molecular weight excluding hydrogens is 196 g/mol. The van der Waals surface area contributed by atoms with Gasteiger partial charge in [0, 0.05) is 20.6 Å². The summed E-state index contributed by atoms with van der Waals surface area (Å²) in [6.07, 6.45) is 4.77. The van der Waals surface area contributed by atoms with Gasteiger partial charge in [-0.3, -0.25) is 0 Å². The molecule has 1 heterocycles. The molecule has 4 heteroatoms. The second-order valence-electron chi connectivity index (χ2n) is 4.55. The van der Waals surface area contributed by atoms with Crippen molar-refractivity contribution in [3.63, 3.8) is 0 Å². The van der Waals surface area contributed by atoms with E-state index in [0.29, 0.717) is 12.3 Å². The number of hydrogen-bond acceptors (Lipinski definition) is 4. The fourth-order valence-corrected chi connectivity index (χ4v) is 2.86. The van der Waals surface area contributed by atoms with Gasteiger partial charge < -0.3 is 19.3 Å². The van der Waals surface area contributed by atoms with Gasteiger partial charge in [-0.2, -0.15) is 0 Å². The molecule has 2 rings (SSSR count). The Morgan fingerprint density at radius 2 is 1.93 bits per heavy atom. The molecule has 2 fully saturated rings. The van der Waals surface area contributed by atoms with Crippen LogP contribution in [0.15, 0.2) is 0 Å². The molecule has 3 atom stereocenters. The van der Waals surface area contributed by atoms with E-state index in [0.717, 1.165) is 12.8 Å². The van der Waals surface area contributed by atoms with Gasteiger partial charge in [0.15, 0.2) is 0 Å². The average Bonchev–Trinajstić information content (AvgIpc) is 2.56. The van der Waals surface area contributed by atoms with Crippen molar-refractivity contribution in [3.8, 4) is 0 Å². The van der Waals surface area contributed by atoms with Gasteiger partial charge >= 0.3 is 0 Å². The zero-order valence-corrected chi connectivity index (χ0v) is 9.44. The molecule has 0 spiro atoms. The molecule has 1 saturated heterocycles. The lowest BCUT2D eigenvalue weighted by molar-refractivity contribution is -0.316. The Bertz CT molecular complexity index is 201. The van der Waals surface area contributed by atoms with Gasteiger partial charge in [0.2, 0.25) is 12.1 Å². The highest BCUT2D eigenvalue weighted by Crippen LogP contribution is 2.43. The van der Waals surface area contributed by atoms with Crippen molar-refractivity contribution in [2.75, 3.05) is 14.2 Å². The predicted octanol–water partition coefficient (Wildman–Crippen LogP) is 1.27. The van der Waals surface area contributed by atoms with Crippen LogP contribution in [0.2, 0.25) is 0 Å². The van der Waals surface area contributed by atoms with Gasteiger partial charge in [-0.05, 0) is 18.8 Å². The van der Waals surface area contributed by atoms with Gasteiger partial charge in [-0.25, -0.2) is 0 Å². The number of methoxy groups -OCH3 is 2. The van der Waals surface area contributed by atoms with Crippen molar-refractivity contribution in [1.82, 2.24) is 0 Å². The van der Waals surface area contributed by atoms with Crippen LogP contribution in [0, 0.1) is 5.92 Å². The Kier molecular flexibility index (Phi) is 3.30. The third-order valence-corrected chi connectivity index (χ3v) is 3.55. The van der Waals surface area contributed by atoms with E-state index in [4.69, 9.17) is 14.2 Å². The van der Waals surface area contributed by atoms with E-state index in [2.05, 4.69) is 0 Å². The summed E-state index contributed by atoms with van der Waals surface area (Å²) >= 11 is 0. The maximum atomic E-state index is 10.3. The van der Waals surface area contributed by atoms with Crippen LogP contribution in [-0.2, 0) is 14.2 Å².